The Morgan fingerprint density at radius 2 is 1.81 bits per heavy atom. The van der Waals surface area contributed by atoms with E-state index >= 15 is 0 Å². The molecule has 16 heavy (non-hydrogen) atoms. The van der Waals surface area contributed by atoms with E-state index in [4.69, 9.17) is 21.8 Å². The van der Waals surface area contributed by atoms with E-state index in [0.29, 0.717) is 0 Å². The quantitative estimate of drug-likeness (QED) is 0.795. The lowest BCUT2D eigenvalue weighted by molar-refractivity contribution is 0.110. The predicted molar refractivity (Wildman–Crippen MR) is 66.9 cm³/mol. The first-order valence-electron chi connectivity index (χ1n) is 5.69. The normalized spacial score (nSPS) is 15.8. The topological polar surface area (TPSA) is 40.5 Å². The molecule has 0 bridgehead atoms. The first-order chi connectivity index (χ1) is 7.63. The zero-order valence-corrected chi connectivity index (χ0v) is 10.4. The molecule has 1 aliphatic rings. The van der Waals surface area contributed by atoms with Gasteiger partial charge in [0.05, 0.1) is 12.7 Å². The van der Waals surface area contributed by atoms with Crippen LogP contribution in [0, 0.1) is 0 Å². The molecule has 3 heteroatoms. The molecule has 0 radical (unpaired) electrons. The van der Waals surface area contributed by atoms with Crippen molar-refractivity contribution in [3.63, 3.8) is 0 Å². The Hall–Kier alpha value is -0.570. The van der Waals surface area contributed by atoms with Gasteiger partial charge in [-0.2, -0.15) is 0 Å². The Labute approximate surface area is 102 Å². The Balaban J connectivity index is 0.000000221. The Morgan fingerprint density at radius 3 is 2.38 bits per heavy atom. The second kappa shape index (κ2) is 6.89. The maximum Gasteiger partial charge on any atom is 0.0742 e. The van der Waals surface area contributed by atoms with Crippen LogP contribution in [0.15, 0.2) is 18.2 Å². The van der Waals surface area contributed by atoms with Gasteiger partial charge in [0.2, 0.25) is 0 Å². The monoisotopic (exact) mass is 242 g/mol. The summed E-state index contributed by atoms with van der Waals surface area (Å²) in [5.74, 6) is 0. The van der Waals surface area contributed by atoms with Gasteiger partial charge in [0, 0.05) is 5.02 Å². The SMILES string of the molecule is CC(O)CO.Clc1ccc2c(c1)CCCC2. The van der Waals surface area contributed by atoms with Gasteiger partial charge in [-0.3, -0.25) is 0 Å². The molecule has 90 valence electrons. The molecule has 0 fully saturated rings. The molecule has 1 unspecified atom stereocenters. The zero-order chi connectivity index (χ0) is 12.0. The van der Waals surface area contributed by atoms with Gasteiger partial charge >= 0.3 is 0 Å². The van der Waals surface area contributed by atoms with Gasteiger partial charge in [-0.25, -0.2) is 0 Å². The van der Waals surface area contributed by atoms with Crippen molar-refractivity contribution in [2.75, 3.05) is 6.61 Å². The van der Waals surface area contributed by atoms with E-state index in [0.717, 1.165) is 5.02 Å². The number of hydrogen-bond acceptors (Lipinski definition) is 2. The second-order valence-electron chi connectivity index (χ2n) is 4.15. The van der Waals surface area contributed by atoms with Crippen molar-refractivity contribution >= 4 is 11.6 Å². The van der Waals surface area contributed by atoms with Crippen LogP contribution in [0.3, 0.4) is 0 Å². The summed E-state index contributed by atoms with van der Waals surface area (Å²) in [5.41, 5.74) is 2.96. The number of rotatable bonds is 1. The van der Waals surface area contributed by atoms with Gasteiger partial charge in [0.15, 0.2) is 0 Å². The number of benzene rings is 1. The van der Waals surface area contributed by atoms with Crippen LogP contribution in [0.5, 0.6) is 0 Å². The molecule has 0 heterocycles. The third-order valence-electron chi connectivity index (χ3n) is 2.57. The third kappa shape index (κ3) is 4.52. The average Bonchev–Trinajstić information content (AvgIpc) is 2.29. The lowest BCUT2D eigenvalue weighted by Gasteiger charge is -2.14. The minimum Gasteiger partial charge on any atom is -0.394 e. The van der Waals surface area contributed by atoms with Gasteiger partial charge in [-0.1, -0.05) is 17.7 Å². The standard InChI is InChI=1S/C10H11Cl.C3H8O2/c11-10-6-5-8-3-1-2-4-9(8)7-10;1-3(5)2-4/h5-7H,1-4H2;3-5H,2H2,1H3. The van der Waals surface area contributed by atoms with Crippen LogP contribution in [0.25, 0.3) is 0 Å². The predicted octanol–water partition coefficient (Wildman–Crippen LogP) is 2.58. The first-order valence-corrected chi connectivity index (χ1v) is 6.07. The summed E-state index contributed by atoms with van der Waals surface area (Å²) in [7, 11) is 0. The van der Waals surface area contributed by atoms with Crippen LogP contribution < -0.4 is 0 Å². The van der Waals surface area contributed by atoms with Crippen molar-refractivity contribution in [3.05, 3.63) is 34.3 Å². The second-order valence-corrected chi connectivity index (χ2v) is 4.59. The van der Waals surface area contributed by atoms with Gasteiger partial charge in [0.1, 0.15) is 0 Å². The number of fused-ring (bicyclic) bond motifs is 1. The van der Waals surface area contributed by atoms with E-state index in [2.05, 4.69) is 12.1 Å². The average molecular weight is 243 g/mol. The Morgan fingerprint density at radius 1 is 1.25 bits per heavy atom. The molecule has 0 spiro atoms. The van der Waals surface area contributed by atoms with E-state index in [1.807, 2.05) is 6.07 Å². The van der Waals surface area contributed by atoms with E-state index in [9.17, 15) is 0 Å². The van der Waals surface area contributed by atoms with E-state index in [-0.39, 0.29) is 6.61 Å². The number of aliphatic hydroxyl groups excluding tert-OH is 2. The van der Waals surface area contributed by atoms with Crippen LogP contribution in [0.1, 0.15) is 30.9 Å². The van der Waals surface area contributed by atoms with Crippen molar-refractivity contribution in [1.82, 2.24) is 0 Å². The van der Waals surface area contributed by atoms with Crippen LogP contribution >= 0.6 is 11.6 Å². The van der Waals surface area contributed by atoms with Crippen molar-refractivity contribution in [3.8, 4) is 0 Å². The smallest absolute Gasteiger partial charge is 0.0742 e. The van der Waals surface area contributed by atoms with E-state index in [1.54, 1.807) is 0 Å². The highest BCUT2D eigenvalue weighted by Gasteiger charge is 2.07. The third-order valence-corrected chi connectivity index (χ3v) is 2.81. The molecule has 1 atom stereocenters. The molecular weight excluding hydrogens is 224 g/mol. The van der Waals surface area contributed by atoms with Crippen LogP contribution in [-0.2, 0) is 12.8 Å². The van der Waals surface area contributed by atoms with Crippen LogP contribution in [0.2, 0.25) is 5.02 Å². The molecule has 2 N–H and O–H groups in total. The fraction of sp³-hybridized carbons (Fsp3) is 0.538. The van der Waals surface area contributed by atoms with Crippen molar-refractivity contribution in [2.45, 2.75) is 38.7 Å². The minimum absolute atomic E-state index is 0.139. The fourth-order valence-corrected chi connectivity index (χ4v) is 1.90. The summed E-state index contributed by atoms with van der Waals surface area (Å²) in [6.45, 7) is 1.39. The van der Waals surface area contributed by atoms with Crippen molar-refractivity contribution < 1.29 is 10.2 Å². The molecule has 1 aromatic rings. The summed E-state index contributed by atoms with van der Waals surface area (Å²) in [6.07, 6.45) is 4.57. The Bertz CT molecular complexity index is 324. The minimum atomic E-state index is -0.560. The largest absolute Gasteiger partial charge is 0.394 e. The van der Waals surface area contributed by atoms with E-state index < -0.39 is 6.10 Å². The maximum absolute atomic E-state index is 8.11. The van der Waals surface area contributed by atoms with E-state index in [1.165, 1.54) is 43.7 Å². The summed E-state index contributed by atoms with van der Waals surface area (Å²) >= 11 is 5.88. The molecule has 0 amide bonds. The summed E-state index contributed by atoms with van der Waals surface area (Å²) < 4.78 is 0. The van der Waals surface area contributed by atoms with Crippen LogP contribution in [-0.4, -0.2) is 22.9 Å². The first kappa shape index (κ1) is 13.5. The lowest BCUT2D eigenvalue weighted by atomic mass is 9.92. The molecule has 0 aliphatic heterocycles. The van der Waals surface area contributed by atoms with Crippen LogP contribution in [0.4, 0.5) is 0 Å². The summed E-state index contributed by atoms with van der Waals surface area (Å²) in [4.78, 5) is 0. The lowest BCUT2D eigenvalue weighted by Crippen LogP contribution is -2.03. The molecule has 2 nitrogen and oxygen atoms in total. The fourth-order valence-electron chi connectivity index (χ4n) is 1.70. The number of halogens is 1. The van der Waals surface area contributed by atoms with Crippen molar-refractivity contribution in [2.24, 2.45) is 0 Å². The molecule has 1 aliphatic carbocycles. The van der Waals surface area contributed by atoms with Gasteiger partial charge in [0.25, 0.3) is 0 Å². The summed E-state index contributed by atoms with van der Waals surface area (Å²) in [5, 5.41) is 16.9. The number of aryl methyl sites for hydroxylation is 2. The van der Waals surface area contributed by atoms with Gasteiger partial charge < -0.3 is 10.2 Å². The number of aliphatic hydroxyl groups is 2. The molecule has 0 saturated heterocycles. The molecule has 0 saturated carbocycles. The van der Waals surface area contributed by atoms with Crippen molar-refractivity contribution in [1.29, 1.82) is 0 Å². The highest BCUT2D eigenvalue weighted by Crippen LogP contribution is 2.23. The maximum atomic E-state index is 8.11. The molecule has 1 aromatic carbocycles. The number of hydrogen-bond donors (Lipinski definition) is 2. The molecular formula is C13H19ClO2. The van der Waals surface area contributed by atoms with Gasteiger partial charge in [-0.15, -0.1) is 0 Å². The summed E-state index contributed by atoms with van der Waals surface area (Å²) in [6, 6.07) is 6.26. The molecule has 2 rings (SSSR count). The highest BCUT2D eigenvalue weighted by molar-refractivity contribution is 6.30. The zero-order valence-electron chi connectivity index (χ0n) is 9.62. The van der Waals surface area contributed by atoms with Gasteiger partial charge in [-0.05, 0) is 55.9 Å². The highest BCUT2D eigenvalue weighted by atomic mass is 35.5. The Kier molecular flexibility index (Phi) is 5.81. The molecule has 0 aromatic heterocycles.